The average molecular weight is 417 g/mol. The maximum absolute atomic E-state index is 10.8. The fraction of sp³-hybridized carbons (Fsp3) is 1.00. The summed E-state index contributed by atoms with van der Waals surface area (Å²) in [5.41, 5.74) is 0. The third-order valence-corrected chi connectivity index (χ3v) is 6.17. The van der Waals surface area contributed by atoms with E-state index in [9.17, 15) is 18.1 Å². The van der Waals surface area contributed by atoms with Crippen molar-refractivity contribution in [3.8, 4) is 0 Å². The Morgan fingerprint density at radius 3 is 1.46 bits per heavy atom. The molecule has 1 N–H and O–H groups in total. The van der Waals surface area contributed by atoms with E-state index in [1.807, 2.05) is 0 Å². The molecule has 6 heteroatoms. The van der Waals surface area contributed by atoms with Crippen molar-refractivity contribution in [2.75, 3.05) is 0 Å². The van der Waals surface area contributed by atoms with Crippen LogP contribution in [0.2, 0.25) is 0 Å². The van der Waals surface area contributed by atoms with Crippen LogP contribution in [0.15, 0.2) is 0 Å². The molecule has 0 bridgehead atoms. The van der Waals surface area contributed by atoms with Crippen molar-refractivity contribution >= 4 is 10.1 Å². The van der Waals surface area contributed by atoms with Gasteiger partial charge in [-0.1, -0.05) is 96.8 Å². The van der Waals surface area contributed by atoms with Gasteiger partial charge in [-0.3, -0.25) is 0 Å². The van der Waals surface area contributed by atoms with Crippen LogP contribution in [0.25, 0.3) is 0 Å². The Morgan fingerprint density at radius 2 is 1.12 bits per heavy atom. The van der Waals surface area contributed by atoms with E-state index in [-0.39, 0.29) is 57.8 Å². The van der Waals surface area contributed by atoms with Crippen LogP contribution in [0.3, 0.4) is 0 Å². The summed E-state index contributed by atoms with van der Waals surface area (Å²) in [7, 11) is -4.27. The summed E-state index contributed by atoms with van der Waals surface area (Å²) in [6.45, 7) is 3.63. The van der Waals surface area contributed by atoms with Gasteiger partial charge in [0.1, 0.15) is 0 Å². The van der Waals surface area contributed by atoms with Gasteiger partial charge in [0.2, 0.25) is 0 Å². The van der Waals surface area contributed by atoms with E-state index < -0.39 is 21.5 Å². The fourth-order valence-electron chi connectivity index (χ4n) is 3.19. The molecule has 0 fully saturated rings. The van der Waals surface area contributed by atoms with Gasteiger partial charge >= 0.3 is 51.4 Å². The molecule has 26 heavy (non-hydrogen) atoms. The maximum atomic E-state index is 10.8. The smallest absolute Gasteiger partial charge is 0.748 e. The van der Waals surface area contributed by atoms with E-state index in [4.69, 9.17) is 0 Å². The number of aliphatic hydroxyl groups is 1. The maximum Gasteiger partial charge on any atom is 1.00 e. The molecule has 0 saturated heterocycles. The summed E-state index contributed by atoms with van der Waals surface area (Å²) in [6, 6.07) is 0. The molecule has 0 aromatic rings. The second-order valence-corrected chi connectivity index (χ2v) is 9.37. The van der Waals surface area contributed by atoms with Gasteiger partial charge in [-0.2, -0.15) is 0 Å². The monoisotopic (exact) mass is 416 g/mol. The fourth-order valence-corrected chi connectivity index (χ4v) is 3.65. The molecule has 0 heterocycles. The van der Waals surface area contributed by atoms with Gasteiger partial charge in [0.05, 0.1) is 16.2 Å². The molecule has 2 atom stereocenters. The molecule has 0 aliphatic heterocycles. The van der Waals surface area contributed by atoms with Crippen LogP contribution in [0.4, 0.5) is 0 Å². The molecule has 0 spiro atoms. The van der Waals surface area contributed by atoms with Gasteiger partial charge in [-0.25, -0.2) is 8.42 Å². The largest absolute Gasteiger partial charge is 1.00 e. The third kappa shape index (κ3) is 20.2. The van der Waals surface area contributed by atoms with Crippen molar-refractivity contribution in [1.82, 2.24) is 0 Å². The number of aliphatic hydroxyl groups excluding tert-OH is 1. The summed E-state index contributed by atoms with van der Waals surface area (Å²) >= 11 is 0. The van der Waals surface area contributed by atoms with Crippen molar-refractivity contribution in [2.24, 2.45) is 0 Å². The molecule has 0 aromatic carbocycles. The predicted octanol–water partition coefficient (Wildman–Crippen LogP) is 2.55. The Hall–Kier alpha value is 1.51. The van der Waals surface area contributed by atoms with Crippen LogP contribution < -0.4 is 51.4 Å². The minimum atomic E-state index is -4.27. The normalized spacial score (nSPS) is 14.0. The van der Waals surface area contributed by atoms with E-state index in [1.165, 1.54) is 84.0 Å². The Kier molecular flexibility index (Phi) is 22.6. The summed E-state index contributed by atoms with van der Waals surface area (Å²) < 4.78 is 32.4. The summed E-state index contributed by atoms with van der Waals surface area (Å²) in [5.74, 6) is 0. The second-order valence-electron chi connectivity index (χ2n) is 7.58. The van der Waals surface area contributed by atoms with Gasteiger partial charge in [-0.15, -0.1) is 0 Å². The molecule has 0 amide bonds. The van der Waals surface area contributed by atoms with Crippen molar-refractivity contribution in [3.05, 3.63) is 0 Å². The topological polar surface area (TPSA) is 77.4 Å². The first-order chi connectivity index (χ1) is 11.9. The van der Waals surface area contributed by atoms with Crippen molar-refractivity contribution in [3.63, 3.8) is 0 Å². The number of rotatable bonds is 18. The van der Waals surface area contributed by atoms with E-state index in [1.54, 1.807) is 0 Å². The summed E-state index contributed by atoms with van der Waals surface area (Å²) in [6.07, 6.45) is 18.0. The second kappa shape index (κ2) is 19.8. The van der Waals surface area contributed by atoms with E-state index in [0.29, 0.717) is 6.42 Å². The van der Waals surface area contributed by atoms with Gasteiger partial charge in [0.15, 0.2) is 0 Å². The summed E-state index contributed by atoms with van der Waals surface area (Å²) in [4.78, 5) is 0. The Bertz CT molecular complexity index is 387. The number of hydrogen-bond donors (Lipinski definition) is 1. The van der Waals surface area contributed by atoms with Crippen LogP contribution in [0.1, 0.15) is 117 Å². The van der Waals surface area contributed by atoms with Crippen LogP contribution in [-0.2, 0) is 10.1 Å². The molecule has 2 unspecified atom stereocenters. The number of hydrogen-bond acceptors (Lipinski definition) is 4. The number of unbranched alkanes of at least 4 members (excludes halogenated alkanes) is 13. The molecule has 152 valence electrons. The minimum absolute atomic E-state index is 0. The van der Waals surface area contributed by atoms with Crippen molar-refractivity contribution in [1.29, 1.82) is 0 Å². The van der Waals surface area contributed by atoms with E-state index in [0.717, 1.165) is 12.8 Å². The summed E-state index contributed by atoms with van der Waals surface area (Å²) in [5, 5.41) is 8.78. The third-order valence-electron chi connectivity index (χ3n) is 4.99. The SMILES string of the molecule is CCCCCCCCCCCCCCCCC(O)CC(C)S(=O)(=O)[O-].[K+]. The Labute approximate surface area is 205 Å². The first-order valence-electron chi connectivity index (χ1n) is 10.5. The van der Waals surface area contributed by atoms with Crippen LogP contribution >= 0.6 is 0 Å². The first kappa shape index (κ1) is 29.7. The molecule has 0 rings (SSSR count). The van der Waals surface area contributed by atoms with E-state index in [2.05, 4.69) is 6.92 Å². The van der Waals surface area contributed by atoms with Crippen LogP contribution in [-0.4, -0.2) is 29.4 Å². The molecule has 0 radical (unpaired) electrons. The van der Waals surface area contributed by atoms with Gasteiger partial charge in [0.25, 0.3) is 0 Å². The molecule has 0 saturated carbocycles. The van der Waals surface area contributed by atoms with Crippen LogP contribution in [0.5, 0.6) is 0 Å². The average Bonchev–Trinajstić information content (AvgIpc) is 2.54. The zero-order valence-corrected chi connectivity index (χ0v) is 21.5. The minimum Gasteiger partial charge on any atom is -0.748 e. The van der Waals surface area contributed by atoms with Crippen LogP contribution in [0, 0.1) is 0 Å². The standard InChI is InChI=1S/C20H42O4S.K/c1-3-4-5-6-7-8-9-10-11-12-13-14-15-16-17-20(21)18-19(2)25(22,23)24;/h19-21H,3-18H2,1-2H3,(H,22,23,24);/q;+1/p-1. The molecule has 0 aliphatic rings. The quantitative estimate of drug-likeness (QED) is 0.212. The van der Waals surface area contributed by atoms with Gasteiger partial charge in [0, 0.05) is 5.25 Å². The molecule has 0 aromatic heterocycles. The Morgan fingerprint density at radius 1 is 0.769 bits per heavy atom. The Balaban J connectivity index is 0. The zero-order chi connectivity index (χ0) is 19.0. The van der Waals surface area contributed by atoms with Gasteiger partial charge in [-0.05, 0) is 19.8 Å². The molecule has 4 nitrogen and oxygen atoms in total. The van der Waals surface area contributed by atoms with E-state index >= 15 is 0 Å². The zero-order valence-electron chi connectivity index (χ0n) is 17.5. The first-order valence-corrected chi connectivity index (χ1v) is 12.0. The molecule has 0 aliphatic carbocycles. The van der Waals surface area contributed by atoms with Gasteiger partial charge < -0.3 is 9.66 Å². The predicted molar refractivity (Wildman–Crippen MR) is 105 cm³/mol. The van der Waals surface area contributed by atoms with Crippen molar-refractivity contribution < 1.29 is 69.5 Å². The van der Waals surface area contributed by atoms with Crippen molar-refractivity contribution in [2.45, 2.75) is 128 Å². The molecular weight excluding hydrogens is 375 g/mol. The molecular formula is C20H41KO4S.